The molecule has 0 aromatic carbocycles. The van der Waals surface area contributed by atoms with Crippen LogP contribution in [-0.4, -0.2) is 43.8 Å². The maximum atomic E-state index is 10.1. The van der Waals surface area contributed by atoms with Gasteiger partial charge in [0.15, 0.2) is 5.84 Å². The van der Waals surface area contributed by atoms with Gasteiger partial charge in [0.25, 0.3) is 0 Å². The van der Waals surface area contributed by atoms with Crippen molar-refractivity contribution in [2.45, 2.75) is 64.6 Å². The van der Waals surface area contributed by atoms with Crippen LogP contribution in [0, 0.1) is 5.92 Å². The highest BCUT2D eigenvalue weighted by molar-refractivity contribution is 6.01. The molecule has 8 nitrogen and oxygen atoms in total. The van der Waals surface area contributed by atoms with Crippen LogP contribution >= 0.6 is 0 Å². The normalized spacial score (nSPS) is 25.4. The second-order valence-corrected chi connectivity index (χ2v) is 7.52. The average molecular weight is 336 g/mol. The van der Waals surface area contributed by atoms with E-state index in [1.54, 1.807) is 0 Å². The number of aliphatic hydroxyl groups excluding tert-OH is 1. The molecule has 1 aromatic heterocycles. The smallest absolute Gasteiger partial charge is 0.225 e. The van der Waals surface area contributed by atoms with E-state index in [-0.39, 0.29) is 23.5 Å². The minimum absolute atomic E-state index is 0.0514. The molecule has 0 radical (unpaired) electrons. The van der Waals surface area contributed by atoms with E-state index in [4.69, 9.17) is 10.9 Å². The number of nitrogens with two attached hydrogens (primary N) is 1. The van der Waals surface area contributed by atoms with Crippen molar-refractivity contribution in [2.75, 3.05) is 10.6 Å². The molecular formula is C16H28N6O2. The molecule has 0 amide bonds. The van der Waals surface area contributed by atoms with Crippen LogP contribution in [0.2, 0.25) is 0 Å². The molecule has 0 saturated heterocycles. The molecule has 1 aliphatic carbocycles. The van der Waals surface area contributed by atoms with Crippen molar-refractivity contribution >= 4 is 17.6 Å². The largest absolute Gasteiger partial charge is 0.409 e. The topological polar surface area (TPSA) is 129 Å². The van der Waals surface area contributed by atoms with Gasteiger partial charge in [0.2, 0.25) is 5.95 Å². The van der Waals surface area contributed by atoms with Gasteiger partial charge >= 0.3 is 0 Å². The first-order valence-electron chi connectivity index (χ1n) is 8.27. The Morgan fingerprint density at radius 2 is 2.08 bits per heavy atom. The molecule has 0 bridgehead atoms. The number of amidine groups is 1. The number of hydrogen-bond donors (Lipinski definition) is 5. The fourth-order valence-electron chi connectivity index (χ4n) is 2.75. The first-order chi connectivity index (χ1) is 11.2. The predicted octanol–water partition coefficient (Wildman–Crippen LogP) is 1.74. The lowest BCUT2D eigenvalue weighted by Gasteiger charge is -2.32. The number of aromatic nitrogens is 2. The molecule has 134 valence electrons. The number of nitrogens with zero attached hydrogens (tertiary/aromatic N) is 3. The lowest BCUT2D eigenvalue weighted by molar-refractivity contribution is 0.0739. The third kappa shape index (κ3) is 4.70. The summed E-state index contributed by atoms with van der Waals surface area (Å²) in [7, 11) is 0. The highest BCUT2D eigenvalue weighted by atomic mass is 16.4. The molecule has 2 rings (SSSR count). The number of anilines is 2. The van der Waals surface area contributed by atoms with Gasteiger partial charge < -0.3 is 26.7 Å². The van der Waals surface area contributed by atoms with Crippen LogP contribution < -0.4 is 16.4 Å². The van der Waals surface area contributed by atoms with Crippen LogP contribution in [0.4, 0.5) is 11.8 Å². The van der Waals surface area contributed by atoms with Gasteiger partial charge in [0.05, 0.1) is 11.7 Å². The van der Waals surface area contributed by atoms with E-state index < -0.39 is 0 Å². The molecule has 3 atom stereocenters. The molecule has 1 heterocycles. The predicted molar refractivity (Wildman–Crippen MR) is 94.4 cm³/mol. The number of rotatable bonds is 4. The molecule has 24 heavy (non-hydrogen) atoms. The van der Waals surface area contributed by atoms with Crippen LogP contribution in [-0.2, 0) is 0 Å². The van der Waals surface area contributed by atoms with Gasteiger partial charge in [-0.05, 0) is 46.0 Å². The number of aliphatic hydroxyl groups is 1. The van der Waals surface area contributed by atoms with E-state index in [1.165, 1.54) is 6.20 Å². The highest BCUT2D eigenvalue weighted by Crippen LogP contribution is 2.27. The summed E-state index contributed by atoms with van der Waals surface area (Å²) in [5.41, 5.74) is 5.98. The van der Waals surface area contributed by atoms with Crippen molar-refractivity contribution in [3.05, 3.63) is 11.8 Å². The third-order valence-corrected chi connectivity index (χ3v) is 4.15. The summed E-state index contributed by atoms with van der Waals surface area (Å²) in [5, 5.41) is 28.6. The van der Waals surface area contributed by atoms with Gasteiger partial charge in [-0.15, -0.1) is 0 Å². The summed E-state index contributed by atoms with van der Waals surface area (Å²) in [6.07, 6.45) is 3.71. The van der Waals surface area contributed by atoms with Gasteiger partial charge in [0.1, 0.15) is 5.82 Å². The molecule has 6 N–H and O–H groups in total. The first kappa shape index (κ1) is 18.3. The van der Waals surface area contributed by atoms with E-state index in [9.17, 15) is 5.11 Å². The summed E-state index contributed by atoms with van der Waals surface area (Å²) in [6.45, 7) is 8.10. The fourth-order valence-corrected chi connectivity index (χ4v) is 2.75. The Kier molecular flexibility index (Phi) is 5.48. The third-order valence-electron chi connectivity index (χ3n) is 4.15. The van der Waals surface area contributed by atoms with Crippen molar-refractivity contribution < 1.29 is 10.3 Å². The SMILES string of the molecule is C[C@@H]1CC[C@@H](Nc2nc(NC(C)(C)C)ncc2/C(N)=N\O)C[C@H]1O. The summed E-state index contributed by atoms with van der Waals surface area (Å²) >= 11 is 0. The molecule has 0 aliphatic heterocycles. The van der Waals surface area contributed by atoms with Crippen LogP contribution in [0.5, 0.6) is 0 Å². The molecule has 1 aromatic rings. The standard InChI is InChI=1S/C16H28N6O2/c1-9-5-6-10(7-12(9)23)19-14-11(13(17)22-24)8-18-15(20-14)21-16(2,3)4/h8-10,12,23-24H,5-7H2,1-4H3,(H2,17,22)(H2,18,19,20,21)/t9-,10-,12-/m1/s1. The number of hydrogen-bond acceptors (Lipinski definition) is 7. The average Bonchev–Trinajstić information content (AvgIpc) is 2.49. The van der Waals surface area contributed by atoms with Crippen molar-refractivity contribution in [1.29, 1.82) is 0 Å². The monoisotopic (exact) mass is 336 g/mol. The molecule has 0 spiro atoms. The minimum atomic E-state index is -0.336. The molecule has 8 heteroatoms. The first-order valence-corrected chi connectivity index (χ1v) is 8.27. The second-order valence-electron chi connectivity index (χ2n) is 7.52. The Morgan fingerprint density at radius 1 is 1.38 bits per heavy atom. The van der Waals surface area contributed by atoms with Gasteiger partial charge in [-0.25, -0.2) is 4.98 Å². The van der Waals surface area contributed by atoms with Crippen molar-refractivity contribution in [3.63, 3.8) is 0 Å². The maximum absolute atomic E-state index is 10.1. The maximum Gasteiger partial charge on any atom is 0.225 e. The van der Waals surface area contributed by atoms with Gasteiger partial charge in [-0.1, -0.05) is 12.1 Å². The van der Waals surface area contributed by atoms with Crippen LogP contribution in [0.3, 0.4) is 0 Å². The minimum Gasteiger partial charge on any atom is -0.409 e. The summed E-state index contributed by atoms with van der Waals surface area (Å²) < 4.78 is 0. The van der Waals surface area contributed by atoms with E-state index in [0.717, 1.165) is 12.8 Å². The van der Waals surface area contributed by atoms with Crippen molar-refractivity contribution in [3.8, 4) is 0 Å². The zero-order valence-electron chi connectivity index (χ0n) is 14.7. The zero-order chi connectivity index (χ0) is 17.9. The van der Waals surface area contributed by atoms with Gasteiger partial charge in [-0.3, -0.25) is 0 Å². The van der Waals surface area contributed by atoms with Crippen LogP contribution in [0.1, 0.15) is 52.5 Å². The number of oxime groups is 1. The second kappa shape index (κ2) is 7.21. The van der Waals surface area contributed by atoms with Gasteiger partial charge in [0, 0.05) is 17.8 Å². The highest BCUT2D eigenvalue weighted by Gasteiger charge is 2.27. The fraction of sp³-hybridized carbons (Fsp3) is 0.688. The summed E-state index contributed by atoms with van der Waals surface area (Å²) in [5.74, 6) is 1.21. The van der Waals surface area contributed by atoms with Crippen LogP contribution in [0.25, 0.3) is 0 Å². The molecule has 1 fully saturated rings. The van der Waals surface area contributed by atoms with E-state index >= 15 is 0 Å². The Labute approximate surface area is 142 Å². The molecule has 1 aliphatic rings. The zero-order valence-corrected chi connectivity index (χ0v) is 14.7. The quantitative estimate of drug-likeness (QED) is 0.245. The van der Waals surface area contributed by atoms with E-state index in [0.29, 0.717) is 29.7 Å². The van der Waals surface area contributed by atoms with E-state index in [1.807, 2.05) is 20.8 Å². The van der Waals surface area contributed by atoms with Crippen molar-refractivity contribution in [2.24, 2.45) is 16.8 Å². The van der Waals surface area contributed by atoms with E-state index in [2.05, 4.69) is 32.7 Å². The summed E-state index contributed by atoms with van der Waals surface area (Å²) in [4.78, 5) is 8.71. The Bertz CT molecular complexity index is 599. The number of nitrogens with one attached hydrogen (secondary N) is 2. The Hall–Kier alpha value is -2.09. The van der Waals surface area contributed by atoms with Gasteiger partial charge in [-0.2, -0.15) is 4.98 Å². The molecule has 1 saturated carbocycles. The Balaban J connectivity index is 2.25. The molecule has 0 unspecified atom stereocenters. The van der Waals surface area contributed by atoms with Crippen LogP contribution in [0.15, 0.2) is 11.4 Å². The lowest BCUT2D eigenvalue weighted by Crippen LogP contribution is -2.36. The molecular weight excluding hydrogens is 308 g/mol. The van der Waals surface area contributed by atoms with Crippen molar-refractivity contribution in [1.82, 2.24) is 9.97 Å². The Morgan fingerprint density at radius 3 is 2.67 bits per heavy atom. The summed E-state index contributed by atoms with van der Waals surface area (Å²) in [6, 6.07) is 0.0822. The lowest BCUT2D eigenvalue weighted by atomic mass is 9.85.